The predicted molar refractivity (Wildman–Crippen MR) is 70.8 cm³/mol. The van der Waals surface area contributed by atoms with E-state index in [2.05, 4.69) is 11.1 Å². The molecule has 5 heteroatoms. The Kier molecular flexibility index (Phi) is 3.10. The zero-order chi connectivity index (χ0) is 12.6. The fourth-order valence-electron chi connectivity index (χ4n) is 1.76. The van der Waals surface area contributed by atoms with Crippen molar-refractivity contribution in [2.75, 3.05) is 19.0 Å². The van der Waals surface area contributed by atoms with Crippen LogP contribution in [-0.4, -0.2) is 19.1 Å². The molecule has 0 amide bonds. The molecule has 0 N–H and O–H groups in total. The summed E-state index contributed by atoms with van der Waals surface area (Å²) in [6.07, 6.45) is 1.51. The Morgan fingerprint density at radius 3 is 2.47 bits per heavy atom. The van der Waals surface area contributed by atoms with E-state index in [1.807, 2.05) is 19.0 Å². The molecule has 0 aliphatic carbocycles. The van der Waals surface area contributed by atoms with Gasteiger partial charge in [0.25, 0.3) is 0 Å². The molecule has 0 spiro atoms. The van der Waals surface area contributed by atoms with E-state index < -0.39 is 0 Å². The molecule has 0 fully saturated rings. The standard InChI is InChI=1S/C12H9Cl2N3/c1-17(2)12-7(5-15)6-16-11-9(14)4-3-8(13)10(11)12/h3-4,6H,1-2H3. The lowest BCUT2D eigenvalue weighted by Gasteiger charge is -2.17. The Bertz CT molecular complexity index is 630. The van der Waals surface area contributed by atoms with Gasteiger partial charge in [0.1, 0.15) is 6.07 Å². The van der Waals surface area contributed by atoms with Gasteiger partial charge in [-0.1, -0.05) is 23.2 Å². The van der Waals surface area contributed by atoms with Crippen molar-refractivity contribution in [3.8, 4) is 6.07 Å². The summed E-state index contributed by atoms with van der Waals surface area (Å²) in [6.45, 7) is 0. The monoisotopic (exact) mass is 265 g/mol. The van der Waals surface area contributed by atoms with E-state index in [9.17, 15) is 0 Å². The highest BCUT2D eigenvalue weighted by molar-refractivity contribution is 6.41. The molecule has 0 atom stereocenters. The predicted octanol–water partition coefficient (Wildman–Crippen LogP) is 3.48. The zero-order valence-corrected chi connectivity index (χ0v) is 10.8. The molecule has 2 aromatic rings. The van der Waals surface area contributed by atoms with Crippen molar-refractivity contribution in [1.82, 2.24) is 4.98 Å². The normalized spacial score (nSPS) is 10.3. The Balaban J connectivity index is 3.00. The van der Waals surface area contributed by atoms with Crippen LogP contribution < -0.4 is 4.90 Å². The number of halogens is 2. The topological polar surface area (TPSA) is 39.9 Å². The van der Waals surface area contributed by atoms with E-state index in [0.29, 0.717) is 26.5 Å². The van der Waals surface area contributed by atoms with Gasteiger partial charge in [-0.05, 0) is 12.1 Å². The second kappa shape index (κ2) is 4.40. The van der Waals surface area contributed by atoms with Gasteiger partial charge < -0.3 is 4.90 Å². The Hall–Kier alpha value is -1.50. The van der Waals surface area contributed by atoms with Gasteiger partial charge in [-0.25, -0.2) is 0 Å². The summed E-state index contributed by atoms with van der Waals surface area (Å²) in [5.74, 6) is 0. The molecule has 0 unspecified atom stereocenters. The smallest absolute Gasteiger partial charge is 0.103 e. The first-order chi connectivity index (χ1) is 8.06. The highest BCUT2D eigenvalue weighted by Gasteiger charge is 2.15. The number of benzene rings is 1. The van der Waals surface area contributed by atoms with Crippen LogP contribution in [0, 0.1) is 11.3 Å². The molecular weight excluding hydrogens is 257 g/mol. The van der Waals surface area contributed by atoms with Crippen molar-refractivity contribution in [2.24, 2.45) is 0 Å². The molecule has 1 heterocycles. The van der Waals surface area contributed by atoms with Crippen LogP contribution in [0.2, 0.25) is 10.0 Å². The van der Waals surface area contributed by atoms with Crippen molar-refractivity contribution < 1.29 is 0 Å². The summed E-state index contributed by atoms with van der Waals surface area (Å²) >= 11 is 12.3. The lowest BCUT2D eigenvalue weighted by molar-refractivity contribution is 1.13. The summed E-state index contributed by atoms with van der Waals surface area (Å²) in [6, 6.07) is 5.52. The van der Waals surface area contributed by atoms with Gasteiger partial charge in [0.15, 0.2) is 0 Å². The molecule has 1 aromatic carbocycles. The van der Waals surface area contributed by atoms with Crippen LogP contribution in [0.1, 0.15) is 5.56 Å². The number of aromatic nitrogens is 1. The number of nitriles is 1. The number of anilines is 1. The Morgan fingerprint density at radius 1 is 1.24 bits per heavy atom. The van der Waals surface area contributed by atoms with Crippen LogP contribution in [-0.2, 0) is 0 Å². The minimum Gasteiger partial charge on any atom is -0.376 e. The van der Waals surface area contributed by atoms with Crippen molar-refractivity contribution in [1.29, 1.82) is 5.26 Å². The minimum absolute atomic E-state index is 0.478. The first kappa shape index (κ1) is 12.0. The molecular formula is C12H9Cl2N3. The van der Waals surface area contributed by atoms with Gasteiger partial charge in [0.2, 0.25) is 0 Å². The first-order valence-corrected chi connectivity index (χ1v) is 5.66. The molecule has 2 rings (SSSR count). The fraction of sp³-hybridized carbons (Fsp3) is 0.167. The van der Waals surface area contributed by atoms with Crippen LogP contribution in [0.15, 0.2) is 18.3 Å². The van der Waals surface area contributed by atoms with Crippen LogP contribution in [0.5, 0.6) is 0 Å². The van der Waals surface area contributed by atoms with Gasteiger partial charge in [0, 0.05) is 25.7 Å². The number of pyridine rings is 1. The van der Waals surface area contributed by atoms with Crippen molar-refractivity contribution >= 4 is 39.8 Å². The lowest BCUT2D eigenvalue weighted by Crippen LogP contribution is -2.11. The number of hydrogen-bond acceptors (Lipinski definition) is 3. The van der Waals surface area contributed by atoms with Gasteiger partial charge >= 0.3 is 0 Å². The van der Waals surface area contributed by atoms with E-state index >= 15 is 0 Å². The van der Waals surface area contributed by atoms with E-state index in [-0.39, 0.29) is 0 Å². The largest absolute Gasteiger partial charge is 0.376 e. The van der Waals surface area contributed by atoms with Crippen LogP contribution >= 0.6 is 23.2 Å². The molecule has 1 aromatic heterocycles. The highest BCUT2D eigenvalue weighted by Crippen LogP contribution is 2.36. The molecule has 0 bridgehead atoms. The van der Waals surface area contributed by atoms with E-state index in [4.69, 9.17) is 28.5 Å². The summed E-state index contributed by atoms with van der Waals surface area (Å²) in [4.78, 5) is 6.03. The molecule has 17 heavy (non-hydrogen) atoms. The molecule has 0 saturated heterocycles. The second-order valence-electron chi connectivity index (χ2n) is 3.78. The lowest BCUT2D eigenvalue weighted by atomic mass is 10.1. The molecule has 0 saturated carbocycles. The van der Waals surface area contributed by atoms with Gasteiger partial charge in [-0.15, -0.1) is 0 Å². The number of hydrogen-bond donors (Lipinski definition) is 0. The van der Waals surface area contributed by atoms with Crippen LogP contribution in [0.25, 0.3) is 10.9 Å². The maximum Gasteiger partial charge on any atom is 0.103 e. The molecule has 0 aliphatic heterocycles. The average Bonchev–Trinajstić information content (AvgIpc) is 2.32. The average molecular weight is 266 g/mol. The summed E-state index contributed by atoms with van der Waals surface area (Å²) in [5, 5.41) is 10.9. The summed E-state index contributed by atoms with van der Waals surface area (Å²) in [5.41, 5.74) is 1.83. The Morgan fingerprint density at radius 2 is 1.88 bits per heavy atom. The third kappa shape index (κ3) is 1.90. The SMILES string of the molecule is CN(C)c1c(C#N)cnc2c(Cl)ccc(Cl)c12. The third-order valence-corrected chi connectivity index (χ3v) is 3.08. The summed E-state index contributed by atoms with van der Waals surface area (Å²) in [7, 11) is 3.71. The number of rotatable bonds is 1. The quantitative estimate of drug-likeness (QED) is 0.793. The Labute approximate surface area is 109 Å². The zero-order valence-electron chi connectivity index (χ0n) is 9.33. The van der Waals surface area contributed by atoms with Crippen molar-refractivity contribution in [3.63, 3.8) is 0 Å². The van der Waals surface area contributed by atoms with Gasteiger partial charge in [-0.3, -0.25) is 4.98 Å². The number of nitrogens with zero attached hydrogens (tertiary/aromatic N) is 3. The van der Waals surface area contributed by atoms with Gasteiger partial charge in [-0.2, -0.15) is 5.26 Å². The second-order valence-corrected chi connectivity index (χ2v) is 4.59. The molecule has 86 valence electrons. The minimum atomic E-state index is 0.478. The van der Waals surface area contributed by atoms with Crippen LogP contribution in [0.4, 0.5) is 5.69 Å². The maximum absolute atomic E-state index is 9.09. The molecule has 0 aliphatic rings. The third-order valence-electron chi connectivity index (χ3n) is 2.46. The molecule has 0 radical (unpaired) electrons. The maximum atomic E-state index is 9.09. The van der Waals surface area contributed by atoms with Crippen molar-refractivity contribution in [3.05, 3.63) is 33.9 Å². The highest BCUT2D eigenvalue weighted by atomic mass is 35.5. The van der Waals surface area contributed by atoms with E-state index in [1.165, 1.54) is 6.20 Å². The number of fused-ring (bicyclic) bond motifs is 1. The first-order valence-electron chi connectivity index (χ1n) is 4.90. The van der Waals surface area contributed by atoms with Crippen molar-refractivity contribution in [2.45, 2.75) is 0 Å². The summed E-state index contributed by atoms with van der Waals surface area (Å²) < 4.78 is 0. The molecule has 3 nitrogen and oxygen atoms in total. The van der Waals surface area contributed by atoms with E-state index in [0.717, 1.165) is 5.69 Å². The van der Waals surface area contributed by atoms with Gasteiger partial charge in [0.05, 0.1) is 26.8 Å². The van der Waals surface area contributed by atoms with Crippen LogP contribution in [0.3, 0.4) is 0 Å². The van der Waals surface area contributed by atoms with E-state index in [1.54, 1.807) is 12.1 Å². The fourth-order valence-corrected chi connectivity index (χ4v) is 2.21.